The third kappa shape index (κ3) is 5.56. The molecule has 1 aromatic rings. The second-order valence-corrected chi connectivity index (χ2v) is 6.11. The Bertz CT molecular complexity index is 391. The first-order valence-electron chi connectivity index (χ1n) is 7.23. The molecular formula is C14H23N3O2S. The van der Waals surface area contributed by atoms with E-state index in [0.717, 1.165) is 32.5 Å². The number of hydrogen-bond acceptors (Lipinski definition) is 5. The van der Waals surface area contributed by atoms with Gasteiger partial charge in [0.2, 0.25) is 5.91 Å². The van der Waals surface area contributed by atoms with Gasteiger partial charge in [-0.1, -0.05) is 0 Å². The Morgan fingerprint density at radius 1 is 1.60 bits per heavy atom. The van der Waals surface area contributed by atoms with Gasteiger partial charge in [-0.05, 0) is 39.3 Å². The molecule has 0 saturated carbocycles. The summed E-state index contributed by atoms with van der Waals surface area (Å²) in [6.07, 6.45) is 7.35. The zero-order valence-corrected chi connectivity index (χ0v) is 12.8. The van der Waals surface area contributed by atoms with Gasteiger partial charge in [0.1, 0.15) is 0 Å². The van der Waals surface area contributed by atoms with Crippen LogP contribution in [0.1, 0.15) is 32.1 Å². The average Bonchev–Trinajstić information content (AvgIpc) is 3.09. The Morgan fingerprint density at radius 3 is 3.20 bits per heavy atom. The highest BCUT2D eigenvalue weighted by molar-refractivity contribution is 7.13. The van der Waals surface area contributed by atoms with Crippen molar-refractivity contribution in [2.45, 2.75) is 38.2 Å². The summed E-state index contributed by atoms with van der Waals surface area (Å²) in [7, 11) is 2.06. The average molecular weight is 297 g/mol. The van der Waals surface area contributed by atoms with Gasteiger partial charge >= 0.3 is 0 Å². The highest BCUT2D eigenvalue weighted by Gasteiger charge is 2.15. The molecule has 1 atom stereocenters. The van der Waals surface area contributed by atoms with Gasteiger partial charge in [0.05, 0.1) is 6.10 Å². The van der Waals surface area contributed by atoms with Crippen molar-refractivity contribution in [1.29, 1.82) is 0 Å². The maximum Gasteiger partial charge on any atom is 0.227 e. The SMILES string of the molecule is CN(CCC[C@H]1CCCO1)CCC(=O)Nc1nccs1. The summed E-state index contributed by atoms with van der Waals surface area (Å²) in [5.41, 5.74) is 0. The summed E-state index contributed by atoms with van der Waals surface area (Å²) in [6.45, 7) is 2.73. The Hall–Kier alpha value is -0.980. The van der Waals surface area contributed by atoms with E-state index in [4.69, 9.17) is 4.74 Å². The van der Waals surface area contributed by atoms with E-state index in [2.05, 4.69) is 22.2 Å². The van der Waals surface area contributed by atoms with Crippen molar-refractivity contribution < 1.29 is 9.53 Å². The van der Waals surface area contributed by atoms with E-state index in [1.165, 1.54) is 24.2 Å². The van der Waals surface area contributed by atoms with Crippen LogP contribution >= 0.6 is 11.3 Å². The van der Waals surface area contributed by atoms with Crippen LogP contribution in [-0.2, 0) is 9.53 Å². The molecular weight excluding hydrogens is 274 g/mol. The van der Waals surface area contributed by atoms with Crippen LogP contribution < -0.4 is 5.32 Å². The normalized spacial score (nSPS) is 18.6. The number of carbonyl (C=O) groups excluding carboxylic acids is 1. The summed E-state index contributed by atoms with van der Waals surface area (Å²) in [6, 6.07) is 0. The van der Waals surface area contributed by atoms with Gasteiger partial charge in [-0.25, -0.2) is 4.98 Å². The highest BCUT2D eigenvalue weighted by atomic mass is 32.1. The second kappa shape index (κ2) is 8.34. The van der Waals surface area contributed by atoms with E-state index < -0.39 is 0 Å². The van der Waals surface area contributed by atoms with Crippen molar-refractivity contribution in [3.63, 3.8) is 0 Å². The number of nitrogens with zero attached hydrogens (tertiary/aromatic N) is 2. The summed E-state index contributed by atoms with van der Waals surface area (Å²) in [5, 5.41) is 5.33. The first-order chi connectivity index (χ1) is 9.74. The second-order valence-electron chi connectivity index (χ2n) is 5.22. The lowest BCUT2D eigenvalue weighted by atomic mass is 10.1. The van der Waals surface area contributed by atoms with Crippen LogP contribution in [0.3, 0.4) is 0 Å². The minimum atomic E-state index is 0.0333. The maximum atomic E-state index is 11.7. The number of ether oxygens (including phenoxy) is 1. The molecule has 0 unspecified atom stereocenters. The van der Waals surface area contributed by atoms with Gasteiger partial charge in [0.25, 0.3) is 0 Å². The zero-order valence-electron chi connectivity index (χ0n) is 12.0. The van der Waals surface area contributed by atoms with Crippen LogP contribution in [0.15, 0.2) is 11.6 Å². The van der Waals surface area contributed by atoms with Crippen molar-refractivity contribution >= 4 is 22.4 Å². The smallest absolute Gasteiger partial charge is 0.227 e. The summed E-state index contributed by atoms with van der Waals surface area (Å²) in [5.74, 6) is 0.0333. The molecule has 1 N–H and O–H groups in total. The summed E-state index contributed by atoms with van der Waals surface area (Å²) in [4.78, 5) is 17.9. The summed E-state index contributed by atoms with van der Waals surface area (Å²) >= 11 is 1.44. The van der Waals surface area contributed by atoms with E-state index in [0.29, 0.717) is 17.7 Å². The molecule has 20 heavy (non-hydrogen) atoms. The molecule has 2 heterocycles. The van der Waals surface area contributed by atoms with Gasteiger partial charge in [-0.15, -0.1) is 11.3 Å². The molecule has 1 aliphatic rings. The predicted octanol–water partition coefficient (Wildman–Crippen LogP) is 2.36. The van der Waals surface area contributed by atoms with Crippen LogP contribution in [0.4, 0.5) is 5.13 Å². The Balaban J connectivity index is 1.52. The molecule has 2 rings (SSSR count). The van der Waals surface area contributed by atoms with Gasteiger partial charge in [0.15, 0.2) is 5.13 Å². The number of amides is 1. The van der Waals surface area contributed by atoms with Crippen molar-refractivity contribution in [3.8, 4) is 0 Å². The molecule has 1 fully saturated rings. The van der Waals surface area contributed by atoms with E-state index in [1.807, 2.05) is 5.38 Å². The number of aromatic nitrogens is 1. The molecule has 6 heteroatoms. The Kier molecular flexibility index (Phi) is 6.42. The molecule has 0 spiro atoms. The minimum Gasteiger partial charge on any atom is -0.378 e. The topological polar surface area (TPSA) is 54.5 Å². The largest absolute Gasteiger partial charge is 0.378 e. The van der Waals surface area contributed by atoms with E-state index in [-0.39, 0.29) is 5.91 Å². The molecule has 1 aliphatic heterocycles. The maximum absolute atomic E-state index is 11.7. The van der Waals surface area contributed by atoms with Crippen LogP contribution in [-0.4, -0.2) is 48.6 Å². The van der Waals surface area contributed by atoms with Crippen molar-refractivity contribution in [2.24, 2.45) is 0 Å². The molecule has 5 nitrogen and oxygen atoms in total. The number of carbonyl (C=O) groups is 1. The van der Waals surface area contributed by atoms with E-state index >= 15 is 0 Å². The standard InChI is InChI=1S/C14H23N3O2S/c1-17(8-2-4-12-5-3-10-19-12)9-6-13(18)16-14-15-7-11-20-14/h7,11-12H,2-6,8-10H2,1H3,(H,15,16,18)/t12-/m0/s1. The van der Waals surface area contributed by atoms with Gasteiger partial charge < -0.3 is 15.0 Å². The highest BCUT2D eigenvalue weighted by Crippen LogP contribution is 2.16. The molecule has 0 aromatic carbocycles. The van der Waals surface area contributed by atoms with Crippen LogP contribution in [0.2, 0.25) is 0 Å². The van der Waals surface area contributed by atoms with Crippen molar-refractivity contribution in [3.05, 3.63) is 11.6 Å². The third-order valence-electron chi connectivity index (χ3n) is 3.49. The van der Waals surface area contributed by atoms with Gasteiger partial charge in [-0.2, -0.15) is 0 Å². The van der Waals surface area contributed by atoms with Gasteiger partial charge in [-0.3, -0.25) is 4.79 Å². The van der Waals surface area contributed by atoms with Crippen LogP contribution in [0.5, 0.6) is 0 Å². The predicted molar refractivity (Wildman–Crippen MR) is 81.1 cm³/mol. The van der Waals surface area contributed by atoms with Crippen molar-refractivity contribution in [2.75, 3.05) is 32.1 Å². The molecule has 112 valence electrons. The monoisotopic (exact) mass is 297 g/mol. The molecule has 0 radical (unpaired) electrons. The lowest BCUT2D eigenvalue weighted by Crippen LogP contribution is -2.25. The lowest BCUT2D eigenvalue weighted by molar-refractivity contribution is -0.116. The fraction of sp³-hybridized carbons (Fsp3) is 0.714. The van der Waals surface area contributed by atoms with Crippen molar-refractivity contribution in [1.82, 2.24) is 9.88 Å². The molecule has 1 aromatic heterocycles. The Labute approximate surface area is 124 Å². The first-order valence-corrected chi connectivity index (χ1v) is 8.11. The number of anilines is 1. The van der Waals surface area contributed by atoms with Crippen LogP contribution in [0, 0.1) is 0 Å². The fourth-order valence-electron chi connectivity index (χ4n) is 2.33. The molecule has 1 amide bonds. The molecule has 0 aliphatic carbocycles. The third-order valence-corrected chi connectivity index (χ3v) is 4.18. The number of rotatable bonds is 8. The first kappa shape index (κ1) is 15.4. The molecule has 1 saturated heterocycles. The number of thiazole rings is 1. The molecule has 0 bridgehead atoms. The minimum absolute atomic E-state index is 0.0333. The van der Waals surface area contributed by atoms with E-state index in [9.17, 15) is 4.79 Å². The fourth-order valence-corrected chi connectivity index (χ4v) is 2.88. The number of hydrogen-bond donors (Lipinski definition) is 1. The number of nitrogens with one attached hydrogen (secondary N) is 1. The Morgan fingerprint density at radius 2 is 2.50 bits per heavy atom. The van der Waals surface area contributed by atoms with Crippen LogP contribution in [0.25, 0.3) is 0 Å². The van der Waals surface area contributed by atoms with Gasteiger partial charge in [0, 0.05) is 31.1 Å². The summed E-state index contributed by atoms with van der Waals surface area (Å²) < 4.78 is 5.60. The zero-order chi connectivity index (χ0) is 14.2. The van der Waals surface area contributed by atoms with E-state index in [1.54, 1.807) is 6.20 Å². The lowest BCUT2D eigenvalue weighted by Gasteiger charge is -2.17. The quantitative estimate of drug-likeness (QED) is 0.800.